The molecular formula is C14H31NO2. The molecule has 2 N–H and O–H groups in total. The van der Waals surface area contributed by atoms with Crippen LogP contribution in [0, 0.1) is 0 Å². The van der Waals surface area contributed by atoms with Crippen LogP contribution in [0.3, 0.4) is 0 Å². The molecule has 0 aliphatic rings. The Morgan fingerprint density at radius 2 is 1.24 bits per heavy atom. The van der Waals surface area contributed by atoms with E-state index in [0.717, 1.165) is 26.1 Å². The largest absolute Gasteiger partial charge is 0.351 e. The van der Waals surface area contributed by atoms with Gasteiger partial charge in [0, 0.05) is 19.8 Å². The fourth-order valence-electron chi connectivity index (χ4n) is 1.67. The highest BCUT2D eigenvalue weighted by molar-refractivity contribution is 4.47. The van der Waals surface area contributed by atoms with Gasteiger partial charge in [0.1, 0.15) is 0 Å². The molecule has 0 aliphatic carbocycles. The predicted molar refractivity (Wildman–Crippen MR) is 73.0 cm³/mol. The molecular weight excluding hydrogens is 214 g/mol. The summed E-state index contributed by atoms with van der Waals surface area (Å²) in [7, 11) is 0. The first-order valence-corrected chi connectivity index (χ1v) is 7.28. The van der Waals surface area contributed by atoms with Gasteiger partial charge in [-0.3, -0.25) is 0 Å². The van der Waals surface area contributed by atoms with Gasteiger partial charge in [-0.05, 0) is 12.8 Å². The summed E-state index contributed by atoms with van der Waals surface area (Å²) in [5.74, 6) is 0. The summed E-state index contributed by atoms with van der Waals surface area (Å²) in [6.45, 7) is 6.43. The van der Waals surface area contributed by atoms with Crippen molar-refractivity contribution >= 4 is 0 Å². The minimum Gasteiger partial charge on any atom is -0.351 e. The monoisotopic (exact) mass is 245 g/mol. The van der Waals surface area contributed by atoms with Crippen molar-refractivity contribution in [1.29, 1.82) is 0 Å². The lowest BCUT2D eigenvalue weighted by Gasteiger charge is -2.16. The molecule has 104 valence electrons. The van der Waals surface area contributed by atoms with E-state index in [1.54, 1.807) is 0 Å². The quantitative estimate of drug-likeness (QED) is 0.399. The van der Waals surface area contributed by atoms with Crippen molar-refractivity contribution < 1.29 is 9.47 Å². The van der Waals surface area contributed by atoms with Crippen molar-refractivity contribution in [3.05, 3.63) is 0 Å². The molecule has 0 saturated heterocycles. The van der Waals surface area contributed by atoms with Crippen molar-refractivity contribution in [2.24, 2.45) is 5.73 Å². The normalized spacial score (nSPS) is 11.3. The highest BCUT2D eigenvalue weighted by Gasteiger charge is 2.05. The molecule has 0 unspecified atom stereocenters. The smallest absolute Gasteiger partial charge is 0.169 e. The number of hydrogen-bond donors (Lipinski definition) is 1. The zero-order chi connectivity index (χ0) is 12.8. The minimum atomic E-state index is -0.196. The van der Waals surface area contributed by atoms with Crippen LogP contribution in [0.2, 0.25) is 0 Å². The molecule has 0 rings (SSSR count). The lowest BCUT2D eigenvalue weighted by Crippen LogP contribution is -2.27. The number of ether oxygens (including phenoxy) is 2. The van der Waals surface area contributed by atoms with Gasteiger partial charge in [0.25, 0.3) is 0 Å². The van der Waals surface area contributed by atoms with Crippen molar-refractivity contribution in [1.82, 2.24) is 0 Å². The number of rotatable bonds is 13. The molecule has 0 atom stereocenters. The Morgan fingerprint density at radius 1 is 0.765 bits per heavy atom. The summed E-state index contributed by atoms with van der Waals surface area (Å²) >= 11 is 0. The van der Waals surface area contributed by atoms with E-state index in [0.29, 0.717) is 6.54 Å². The van der Waals surface area contributed by atoms with E-state index < -0.39 is 0 Å². The Balaban J connectivity index is 3.30. The second-order valence-corrected chi connectivity index (χ2v) is 4.53. The van der Waals surface area contributed by atoms with Crippen LogP contribution < -0.4 is 5.73 Å². The van der Waals surface area contributed by atoms with Gasteiger partial charge in [-0.15, -0.1) is 0 Å². The standard InChI is InChI=1S/C14H31NO2/c1-3-5-7-9-11-16-14(13-15)17-12-10-8-6-4-2/h14H,3-13,15H2,1-2H3. The molecule has 17 heavy (non-hydrogen) atoms. The lowest BCUT2D eigenvalue weighted by molar-refractivity contribution is -0.137. The zero-order valence-corrected chi connectivity index (χ0v) is 11.7. The zero-order valence-electron chi connectivity index (χ0n) is 11.7. The first-order chi connectivity index (χ1) is 8.35. The highest BCUT2D eigenvalue weighted by Crippen LogP contribution is 2.04. The summed E-state index contributed by atoms with van der Waals surface area (Å²) in [4.78, 5) is 0. The molecule has 0 aliphatic heterocycles. The Morgan fingerprint density at radius 3 is 1.59 bits per heavy atom. The van der Waals surface area contributed by atoms with E-state index in [-0.39, 0.29) is 6.29 Å². The second kappa shape index (κ2) is 13.9. The molecule has 0 fully saturated rings. The second-order valence-electron chi connectivity index (χ2n) is 4.53. The third kappa shape index (κ3) is 12.1. The third-order valence-corrected chi connectivity index (χ3v) is 2.80. The SMILES string of the molecule is CCCCCCOC(CN)OCCCCCC. The van der Waals surface area contributed by atoms with Gasteiger partial charge in [0.2, 0.25) is 0 Å². The Bertz CT molecular complexity index is 128. The van der Waals surface area contributed by atoms with Crippen molar-refractivity contribution in [3.8, 4) is 0 Å². The molecule has 0 aromatic heterocycles. The number of unbranched alkanes of at least 4 members (excludes halogenated alkanes) is 6. The van der Waals surface area contributed by atoms with Gasteiger partial charge in [-0.2, -0.15) is 0 Å². The van der Waals surface area contributed by atoms with Gasteiger partial charge >= 0.3 is 0 Å². The Labute approximate surface area is 107 Å². The van der Waals surface area contributed by atoms with Crippen LogP contribution in [0.1, 0.15) is 65.2 Å². The van der Waals surface area contributed by atoms with E-state index in [2.05, 4.69) is 13.8 Å². The highest BCUT2D eigenvalue weighted by atomic mass is 16.7. The van der Waals surface area contributed by atoms with Gasteiger partial charge in [0.05, 0.1) is 0 Å². The van der Waals surface area contributed by atoms with Crippen LogP contribution in [-0.2, 0) is 9.47 Å². The lowest BCUT2D eigenvalue weighted by atomic mass is 10.2. The Kier molecular flexibility index (Phi) is 13.8. The van der Waals surface area contributed by atoms with E-state index in [4.69, 9.17) is 15.2 Å². The van der Waals surface area contributed by atoms with E-state index in [1.165, 1.54) is 38.5 Å². The van der Waals surface area contributed by atoms with Crippen LogP contribution in [0.4, 0.5) is 0 Å². The number of hydrogen-bond acceptors (Lipinski definition) is 3. The maximum atomic E-state index is 5.60. The topological polar surface area (TPSA) is 44.5 Å². The van der Waals surface area contributed by atoms with Crippen LogP contribution in [0.25, 0.3) is 0 Å². The first-order valence-electron chi connectivity index (χ1n) is 7.28. The predicted octanol–water partition coefficient (Wildman–Crippen LogP) is 3.47. The molecule has 0 aromatic rings. The van der Waals surface area contributed by atoms with Crippen molar-refractivity contribution in [2.75, 3.05) is 19.8 Å². The summed E-state index contributed by atoms with van der Waals surface area (Å²) < 4.78 is 11.2. The average Bonchev–Trinajstić information content (AvgIpc) is 2.36. The molecule has 0 saturated carbocycles. The summed E-state index contributed by atoms with van der Waals surface area (Å²) in [5.41, 5.74) is 5.60. The molecule has 0 aromatic carbocycles. The van der Waals surface area contributed by atoms with Gasteiger partial charge in [-0.25, -0.2) is 0 Å². The van der Waals surface area contributed by atoms with Gasteiger partial charge in [-0.1, -0.05) is 52.4 Å². The summed E-state index contributed by atoms with van der Waals surface area (Å²) in [6.07, 6.45) is 9.60. The average molecular weight is 245 g/mol. The molecule has 0 bridgehead atoms. The van der Waals surface area contributed by atoms with Crippen LogP contribution in [0.5, 0.6) is 0 Å². The molecule has 3 nitrogen and oxygen atoms in total. The van der Waals surface area contributed by atoms with E-state index in [1.807, 2.05) is 0 Å². The molecule has 3 heteroatoms. The van der Waals surface area contributed by atoms with Crippen LogP contribution in [-0.4, -0.2) is 26.0 Å². The van der Waals surface area contributed by atoms with E-state index >= 15 is 0 Å². The molecule has 0 radical (unpaired) electrons. The Hall–Kier alpha value is -0.120. The van der Waals surface area contributed by atoms with Crippen molar-refractivity contribution in [3.63, 3.8) is 0 Å². The maximum absolute atomic E-state index is 5.60. The summed E-state index contributed by atoms with van der Waals surface area (Å²) in [5, 5.41) is 0. The minimum absolute atomic E-state index is 0.196. The van der Waals surface area contributed by atoms with Gasteiger partial charge in [0.15, 0.2) is 6.29 Å². The van der Waals surface area contributed by atoms with E-state index in [9.17, 15) is 0 Å². The van der Waals surface area contributed by atoms with Gasteiger partial charge < -0.3 is 15.2 Å². The maximum Gasteiger partial charge on any atom is 0.169 e. The number of nitrogens with two attached hydrogens (primary N) is 1. The fraction of sp³-hybridized carbons (Fsp3) is 1.00. The van der Waals surface area contributed by atoms with Crippen LogP contribution >= 0.6 is 0 Å². The summed E-state index contributed by atoms with van der Waals surface area (Å²) in [6, 6.07) is 0. The molecule has 0 spiro atoms. The third-order valence-electron chi connectivity index (χ3n) is 2.80. The molecule has 0 heterocycles. The van der Waals surface area contributed by atoms with Crippen LogP contribution in [0.15, 0.2) is 0 Å². The molecule has 0 amide bonds. The fourth-order valence-corrected chi connectivity index (χ4v) is 1.67. The van der Waals surface area contributed by atoms with Crippen molar-refractivity contribution in [2.45, 2.75) is 71.5 Å². The first kappa shape index (κ1) is 16.9.